The average molecular weight is 345 g/mol. The number of nitro groups is 1. The summed E-state index contributed by atoms with van der Waals surface area (Å²) in [5, 5.41) is 19.2. The maximum absolute atomic E-state index is 11.7. The maximum Gasteiger partial charge on any atom is 0.315 e. The van der Waals surface area contributed by atoms with Gasteiger partial charge in [-0.05, 0) is 11.6 Å². The van der Waals surface area contributed by atoms with E-state index in [0.717, 1.165) is 5.56 Å². The molecule has 9 heteroatoms. The molecule has 0 aliphatic heterocycles. The Morgan fingerprint density at radius 3 is 2.68 bits per heavy atom. The summed E-state index contributed by atoms with van der Waals surface area (Å²) in [5.41, 5.74) is 1.26. The van der Waals surface area contributed by atoms with Gasteiger partial charge in [-0.2, -0.15) is 0 Å². The highest BCUT2D eigenvalue weighted by Gasteiger charge is 2.11. The molecule has 9 nitrogen and oxygen atoms in total. The van der Waals surface area contributed by atoms with E-state index in [0.29, 0.717) is 31.2 Å². The summed E-state index contributed by atoms with van der Waals surface area (Å²) in [6.45, 7) is 1.02. The number of nitrogens with zero attached hydrogens (tertiary/aromatic N) is 2. The summed E-state index contributed by atoms with van der Waals surface area (Å²) in [7, 11) is 1.53. The molecule has 0 spiro atoms. The van der Waals surface area contributed by atoms with Crippen molar-refractivity contribution in [3.05, 3.63) is 58.3 Å². The van der Waals surface area contributed by atoms with E-state index in [9.17, 15) is 14.9 Å². The molecule has 3 N–H and O–H groups in total. The molecule has 0 atom stereocenters. The van der Waals surface area contributed by atoms with Gasteiger partial charge in [-0.1, -0.05) is 18.2 Å². The van der Waals surface area contributed by atoms with E-state index in [1.807, 2.05) is 6.07 Å². The third-order valence-corrected chi connectivity index (χ3v) is 3.29. The van der Waals surface area contributed by atoms with Crippen LogP contribution in [0.25, 0.3) is 0 Å². The Kier molecular flexibility index (Phi) is 6.52. The predicted molar refractivity (Wildman–Crippen MR) is 92.6 cm³/mol. The number of urea groups is 1. The molecule has 0 bridgehead atoms. The number of para-hydroxylation sites is 2. The highest BCUT2D eigenvalue weighted by atomic mass is 16.6. The van der Waals surface area contributed by atoms with Crippen molar-refractivity contribution in [2.24, 2.45) is 0 Å². The second-order valence-electron chi connectivity index (χ2n) is 5.02. The molecule has 2 rings (SSSR count). The van der Waals surface area contributed by atoms with Crippen molar-refractivity contribution in [1.82, 2.24) is 15.6 Å². The van der Waals surface area contributed by atoms with Gasteiger partial charge < -0.3 is 20.7 Å². The van der Waals surface area contributed by atoms with Gasteiger partial charge in [0.2, 0.25) is 5.88 Å². The molecule has 0 fully saturated rings. The Bertz CT molecular complexity index is 721. The van der Waals surface area contributed by atoms with Crippen molar-refractivity contribution >= 4 is 17.4 Å². The van der Waals surface area contributed by atoms with E-state index < -0.39 is 4.92 Å². The van der Waals surface area contributed by atoms with Crippen LogP contribution in [0.4, 0.5) is 16.2 Å². The van der Waals surface area contributed by atoms with E-state index >= 15 is 0 Å². The van der Waals surface area contributed by atoms with Crippen molar-refractivity contribution in [3.8, 4) is 5.88 Å². The van der Waals surface area contributed by atoms with Gasteiger partial charge in [0, 0.05) is 38.0 Å². The number of amides is 2. The Balaban J connectivity index is 1.69. The van der Waals surface area contributed by atoms with Gasteiger partial charge in [-0.3, -0.25) is 10.1 Å². The Labute approximate surface area is 144 Å². The lowest BCUT2D eigenvalue weighted by molar-refractivity contribution is -0.384. The zero-order valence-electron chi connectivity index (χ0n) is 13.7. The van der Waals surface area contributed by atoms with E-state index in [1.165, 1.54) is 13.2 Å². The molecule has 0 radical (unpaired) electrons. The van der Waals surface area contributed by atoms with Gasteiger partial charge in [0.1, 0.15) is 5.69 Å². The highest BCUT2D eigenvalue weighted by molar-refractivity contribution is 5.73. The molecule has 0 unspecified atom stereocenters. The summed E-state index contributed by atoms with van der Waals surface area (Å²) < 4.78 is 4.96. The number of nitrogens with one attached hydrogen (secondary N) is 3. The number of rotatable bonds is 8. The third-order valence-electron chi connectivity index (χ3n) is 3.29. The second kappa shape index (κ2) is 9.06. The molecule has 1 heterocycles. The number of anilines is 1. The van der Waals surface area contributed by atoms with E-state index in [1.54, 1.807) is 30.5 Å². The van der Waals surface area contributed by atoms with Crippen LogP contribution in [0.1, 0.15) is 5.56 Å². The molecule has 132 valence electrons. The van der Waals surface area contributed by atoms with Gasteiger partial charge in [0.25, 0.3) is 5.69 Å². The lowest BCUT2D eigenvalue weighted by atomic mass is 10.2. The van der Waals surface area contributed by atoms with Crippen LogP contribution in [0.3, 0.4) is 0 Å². The van der Waals surface area contributed by atoms with Crippen molar-refractivity contribution in [2.75, 3.05) is 25.5 Å². The van der Waals surface area contributed by atoms with Gasteiger partial charge in [0.15, 0.2) is 0 Å². The first-order chi connectivity index (χ1) is 12.1. The molecule has 25 heavy (non-hydrogen) atoms. The number of aromatic nitrogens is 1. The summed E-state index contributed by atoms with van der Waals surface area (Å²) in [6, 6.07) is 9.54. The molecule has 0 saturated heterocycles. The topological polar surface area (TPSA) is 118 Å². The van der Waals surface area contributed by atoms with Crippen molar-refractivity contribution < 1.29 is 14.5 Å². The SMILES string of the molecule is COc1ccc(CNC(=O)NCCNc2ccccc2[N+](=O)[O-])cn1. The van der Waals surface area contributed by atoms with Crippen molar-refractivity contribution in [1.29, 1.82) is 0 Å². The van der Waals surface area contributed by atoms with Crippen LogP contribution < -0.4 is 20.7 Å². The fraction of sp³-hybridized carbons (Fsp3) is 0.250. The number of carbonyl (C=O) groups is 1. The Morgan fingerprint density at radius 2 is 2.00 bits per heavy atom. The highest BCUT2D eigenvalue weighted by Crippen LogP contribution is 2.22. The molecule has 2 amide bonds. The minimum atomic E-state index is -0.453. The van der Waals surface area contributed by atoms with Crippen molar-refractivity contribution in [2.45, 2.75) is 6.54 Å². The number of benzene rings is 1. The minimum absolute atomic E-state index is 0.000965. The normalized spacial score (nSPS) is 9.96. The second-order valence-corrected chi connectivity index (χ2v) is 5.02. The first-order valence-corrected chi connectivity index (χ1v) is 7.58. The van der Waals surface area contributed by atoms with Gasteiger partial charge in [0.05, 0.1) is 12.0 Å². The monoisotopic (exact) mass is 345 g/mol. The fourth-order valence-corrected chi connectivity index (χ4v) is 2.04. The molecule has 1 aromatic heterocycles. The smallest absolute Gasteiger partial charge is 0.315 e. The molecule has 0 aliphatic rings. The zero-order chi connectivity index (χ0) is 18.1. The number of nitro benzene ring substituents is 1. The molecular formula is C16H19N5O4. The van der Waals surface area contributed by atoms with Crippen LogP contribution in [0.15, 0.2) is 42.6 Å². The number of hydrogen-bond donors (Lipinski definition) is 3. The first kappa shape index (κ1) is 18.0. The fourth-order valence-electron chi connectivity index (χ4n) is 2.04. The van der Waals surface area contributed by atoms with Gasteiger partial charge in [-0.25, -0.2) is 9.78 Å². The summed E-state index contributed by atoms with van der Waals surface area (Å²) in [5.74, 6) is 0.509. The first-order valence-electron chi connectivity index (χ1n) is 7.58. The van der Waals surface area contributed by atoms with Crippen LogP contribution >= 0.6 is 0 Å². The van der Waals surface area contributed by atoms with Crippen LogP contribution in [-0.4, -0.2) is 36.1 Å². The van der Waals surface area contributed by atoms with Crippen molar-refractivity contribution in [3.63, 3.8) is 0 Å². The van der Waals surface area contributed by atoms with Crippen LogP contribution in [-0.2, 0) is 6.54 Å². The number of methoxy groups -OCH3 is 1. The molecular weight excluding hydrogens is 326 g/mol. The number of carbonyl (C=O) groups excluding carboxylic acids is 1. The Morgan fingerprint density at radius 1 is 1.20 bits per heavy atom. The standard InChI is InChI=1S/C16H19N5O4/c1-25-15-7-6-12(10-19-15)11-20-16(22)18-9-8-17-13-4-2-3-5-14(13)21(23)24/h2-7,10,17H,8-9,11H2,1H3,(H2,18,20,22). The number of hydrogen-bond acceptors (Lipinski definition) is 6. The minimum Gasteiger partial charge on any atom is -0.481 e. The molecule has 1 aromatic carbocycles. The predicted octanol–water partition coefficient (Wildman–Crippen LogP) is 1.91. The van der Waals surface area contributed by atoms with Gasteiger partial charge >= 0.3 is 6.03 Å². The van der Waals surface area contributed by atoms with Gasteiger partial charge in [-0.15, -0.1) is 0 Å². The van der Waals surface area contributed by atoms with Crippen LogP contribution in [0.2, 0.25) is 0 Å². The van der Waals surface area contributed by atoms with Crippen LogP contribution in [0, 0.1) is 10.1 Å². The molecule has 2 aromatic rings. The zero-order valence-corrected chi connectivity index (χ0v) is 13.7. The third kappa shape index (κ3) is 5.65. The summed E-state index contributed by atoms with van der Waals surface area (Å²) >= 11 is 0. The summed E-state index contributed by atoms with van der Waals surface area (Å²) in [6.07, 6.45) is 1.62. The number of pyridine rings is 1. The lowest BCUT2D eigenvalue weighted by Gasteiger charge is -2.09. The average Bonchev–Trinajstić information content (AvgIpc) is 2.64. The molecule has 0 saturated carbocycles. The molecule has 0 aliphatic carbocycles. The lowest BCUT2D eigenvalue weighted by Crippen LogP contribution is -2.37. The number of ether oxygens (including phenoxy) is 1. The largest absolute Gasteiger partial charge is 0.481 e. The van der Waals surface area contributed by atoms with E-state index in [4.69, 9.17) is 4.74 Å². The van der Waals surface area contributed by atoms with E-state index in [-0.39, 0.29) is 11.7 Å². The van der Waals surface area contributed by atoms with Crippen LogP contribution in [0.5, 0.6) is 5.88 Å². The van der Waals surface area contributed by atoms with E-state index in [2.05, 4.69) is 20.9 Å². The quantitative estimate of drug-likeness (QED) is 0.382. The summed E-state index contributed by atoms with van der Waals surface area (Å²) in [4.78, 5) is 26.2. The Hall–Kier alpha value is -3.36. The maximum atomic E-state index is 11.7.